The highest BCUT2D eigenvalue weighted by atomic mass is 32.2. The van der Waals surface area contributed by atoms with E-state index in [0.29, 0.717) is 11.8 Å². The van der Waals surface area contributed by atoms with E-state index in [9.17, 15) is 32.9 Å². The zero-order valence-corrected chi connectivity index (χ0v) is 24.9. The number of benzene rings is 4. The van der Waals surface area contributed by atoms with E-state index in [1.807, 2.05) is 35.9 Å². The molecule has 0 fully saturated rings. The van der Waals surface area contributed by atoms with Gasteiger partial charge in [-0.05, 0) is 60.5 Å². The van der Waals surface area contributed by atoms with Crippen LogP contribution in [0.3, 0.4) is 0 Å². The maximum Gasteiger partial charge on any atom is 0.293 e. The lowest BCUT2D eigenvalue weighted by Crippen LogP contribution is -2.31. The molecule has 0 aromatic heterocycles. The number of para-hydroxylation sites is 1. The van der Waals surface area contributed by atoms with Crippen LogP contribution in [0.4, 0.5) is 17.1 Å². The van der Waals surface area contributed by atoms with Crippen molar-refractivity contribution >= 4 is 50.9 Å². The summed E-state index contributed by atoms with van der Waals surface area (Å²) in [7, 11) is -4.66. The van der Waals surface area contributed by atoms with Crippen molar-refractivity contribution in [3.63, 3.8) is 0 Å². The standard InChI is InChI=1S/C31H27N5O9S/c1-20-7-5-6-8-21(20)11-16-29(37)33-22-12-14-25(28(17-22)45-23-9-3-2-4-10-23)31(39)35-46(43,44)24-13-15-26(27(18-24)36(41)42)32-19-30(38)34-40/h2-18,32,40H,19H2,1H3,(H,33,37)(H,34,38)(H,35,39). The minimum absolute atomic E-state index is 0.0905. The van der Waals surface area contributed by atoms with Gasteiger partial charge >= 0.3 is 0 Å². The molecule has 0 spiro atoms. The molecular formula is C31H27N5O9S. The summed E-state index contributed by atoms with van der Waals surface area (Å²) >= 11 is 0. The van der Waals surface area contributed by atoms with Crippen LogP contribution in [-0.2, 0) is 19.6 Å². The molecule has 0 aliphatic rings. The number of carbonyl (C=O) groups excluding carboxylic acids is 3. The highest BCUT2D eigenvalue weighted by Gasteiger charge is 2.26. The van der Waals surface area contributed by atoms with E-state index in [1.54, 1.807) is 36.4 Å². The summed E-state index contributed by atoms with van der Waals surface area (Å²) < 4.78 is 34.0. The van der Waals surface area contributed by atoms with E-state index >= 15 is 0 Å². The number of carbonyl (C=O) groups is 3. The number of sulfonamides is 1. The largest absolute Gasteiger partial charge is 0.456 e. The molecule has 14 nitrogen and oxygen atoms in total. The Balaban J connectivity index is 1.59. The molecule has 0 aliphatic carbocycles. The Kier molecular flexibility index (Phi) is 10.4. The van der Waals surface area contributed by atoms with Crippen LogP contribution < -0.4 is 25.6 Å². The average Bonchev–Trinajstić information content (AvgIpc) is 3.03. The lowest BCUT2D eigenvalue weighted by Gasteiger charge is -2.14. The third-order valence-corrected chi connectivity index (χ3v) is 7.66. The summed E-state index contributed by atoms with van der Waals surface area (Å²) in [5.41, 5.74) is 2.30. The molecule has 0 bridgehead atoms. The average molecular weight is 646 g/mol. The van der Waals surface area contributed by atoms with Crippen molar-refractivity contribution in [3.05, 3.63) is 124 Å². The first-order valence-electron chi connectivity index (χ1n) is 13.4. The molecule has 4 rings (SSSR count). The van der Waals surface area contributed by atoms with Gasteiger partial charge in [-0.3, -0.25) is 29.7 Å². The SMILES string of the molecule is Cc1ccccc1C=CC(=O)Nc1ccc(C(=O)NS(=O)(=O)c2ccc(NCC(=O)NO)c([N+](=O)[O-])c2)c(Oc2ccccc2)c1. The summed E-state index contributed by atoms with van der Waals surface area (Å²) in [6.07, 6.45) is 2.99. The number of hydrogen-bond donors (Lipinski definition) is 5. The number of anilines is 2. The van der Waals surface area contributed by atoms with Gasteiger partial charge in [0.2, 0.25) is 5.91 Å². The molecular weight excluding hydrogens is 618 g/mol. The van der Waals surface area contributed by atoms with Crippen LogP contribution in [-0.4, -0.2) is 42.8 Å². The Labute approximate surface area is 262 Å². The maximum atomic E-state index is 13.3. The summed E-state index contributed by atoms with van der Waals surface area (Å²) in [6, 6.07) is 22.5. The van der Waals surface area contributed by atoms with Gasteiger partial charge in [0, 0.05) is 23.9 Å². The number of nitrogens with one attached hydrogen (secondary N) is 4. The Morgan fingerprint density at radius 1 is 0.957 bits per heavy atom. The molecule has 5 N–H and O–H groups in total. The molecule has 4 aromatic carbocycles. The lowest BCUT2D eigenvalue weighted by atomic mass is 10.1. The second-order valence-corrected chi connectivity index (χ2v) is 11.2. The van der Waals surface area contributed by atoms with Gasteiger partial charge in [-0.25, -0.2) is 18.6 Å². The topological polar surface area (TPSA) is 206 Å². The first-order chi connectivity index (χ1) is 22.0. The quantitative estimate of drug-likeness (QED) is 0.0636. The molecule has 3 amide bonds. The van der Waals surface area contributed by atoms with Gasteiger partial charge in [-0.2, -0.15) is 0 Å². The van der Waals surface area contributed by atoms with E-state index in [1.165, 1.54) is 29.8 Å². The maximum absolute atomic E-state index is 13.3. The van der Waals surface area contributed by atoms with Gasteiger partial charge in [0.05, 0.1) is 21.9 Å². The number of nitro groups is 1. The number of aryl methyl sites for hydroxylation is 1. The van der Waals surface area contributed by atoms with Crippen LogP contribution in [0.2, 0.25) is 0 Å². The summed E-state index contributed by atoms with van der Waals surface area (Å²) in [6.45, 7) is 1.37. The molecule has 15 heteroatoms. The fraction of sp³-hybridized carbons (Fsp3) is 0.0645. The summed E-state index contributed by atoms with van der Waals surface area (Å²) in [4.78, 5) is 47.3. The van der Waals surface area contributed by atoms with Crippen molar-refractivity contribution in [1.29, 1.82) is 0 Å². The highest BCUT2D eigenvalue weighted by molar-refractivity contribution is 7.90. The van der Waals surface area contributed by atoms with Gasteiger partial charge in [0.25, 0.3) is 27.5 Å². The van der Waals surface area contributed by atoms with Crippen molar-refractivity contribution in [2.75, 3.05) is 17.2 Å². The third-order valence-electron chi connectivity index (χ3n) is 6.33. The van der Waals surface area contributed by atoms with E-state index in [-0.39, 0.29) is 22.7 Å². The van der Waals surface area contributed by atoms with Gasteiger partial charge in [-0.1, -0.05) is 42.5 Å². The lowest BCUT2D eigenvalue weighted by molar-refractivity contribution is -0.384. The summed E-state index contributed by atoms with van der Waals surface area (Å²) in [5.74, 6) is -2.25. The van der Waals surface area contributed by atoms with E-state index < -0.39 is 49.8 Å². The normalized spacial score (nSPS) is 11.0. The number of nitrogens with zero attached hydrogens (tertiary/aromatic N) is 1. The third kappa shape index (κ3) is 8.52. The van der Waals surface area contributed by atoms with Gasteiger partial charge < -0.3 is 15.4 Å². The van der Waals surface area contributed by atoms with Crippen molar-refractivity contribution < 1.29 is 37.7 Å². The highest BCUT2D eigenvalue weighted by Crippen LogP contribution is 2.30. The Morgan fingerprint density at radius 3 is 2.37 bits per heavy atom. The number of ether oxygens (including phenoxy) is 1. The van der Waals surface area contributed by atoms with Crippen LogP contribution in [0.15, 0.2) is 102 Å². The second kappa shape index (κ2) is 14.6. The minimum atomic E-state index is -4.66. The Hall–Kier alpha value is -6.06. The molecule has 0 heterocycles. The predicted octanol–water partition coefficient (Wildman–Crippen LogP) is 4.38. The molecule has 0 saturated carbocycles. The minimum Gasteiger partial charge on any atom is -0.456 e. The molecule has 236 valence electrons. The van der Waals surface area contributed by atoms with Crippen LogP contribution >= 0.6 is 0 Å². The Bertz CT molecular complexity index is 1930. The van der Waals surface area contributed by atoms with E-state index in [4.69, 9.17) is 9.94 Å². The second-order valence-electron chi connectivity index (χ2n) is 9.56. The molecule has 0 radical (unpaired) electrons. The molecule has 0 atom stereocenters. The number of hydrogen-bond acceptors (Lipinski definition) is 10. The fourth-order valence-electron chi connectivity index (χ4n) is 4.04. The van der Waals surface area contributed by atoms with Crippen molar-refractivity contribution in [1.82, 2.24) is 10.2 Å². The van der Waals surface area contributed by atoms with E-state index in [0.717, 1.165) is 23.3 Å². The summed E-state index contributed by atoms with van der Waals surface area (Å²) in [5, 5.41) is 25.3. The molecule has 0 aliphatic heterocycles. The van der Waals surface area contributed by atoms with Gasteiger partial charge in [0.1, 0.15) is 17.2 Å². The van der Waals surface area contributed by atoms with Crippen molar-refractivity contribution in [2.24, 2.45) is 0 Å². The molecule has 46 heavy (non-hydrogen) atoms. The molecule has 0 saturated heterocycles. The molecule has 0 unspecified atom stereocenters. The predicted molar refractivity (Wildman–Crippen MR) is 168 cm³/mol. The van der Waals surface area contributed by atoms with E-state index in [2.05, 4.69) is 10.6 Å². The molecule has 4 aromatic rings. The number of hydroxylamine groups is 1. The first kappa shape index (κ1) is 32.8. The van der Waals surface area contributed by atoms with Crippen LogP contribution in [0.25, 0.3) is 6.08 Å². The van der Waals surface area contributed by atoms with Crippen LogP contribution in [0, 0.1) is 17.0 Å². The van der Waals surface area contributed by atoms with Gasteiger partial charge in [0.15, 0.2) is 0 Å². The van der Waals surface area contributed by atoms with Crippen molar-refractivity contribution in [2.45, 2.75) is 11.8 Å². The number of rotatable bonds is 12. The number of amides is 3. The zero-order chi connectivity index (χ0) is 33.3. The first-order valence-corrected chi connectivity index (χ1v) is 14.9. The fourth-order valence-corrected chi connectivity index (χ4v) is 5.03. The monoisotopic (exact) mass is 645 g/mol. The number of nitro benzene ring substituents is 1. The zero-order valence-electron chi connectivity index (χ0n) is 24.1. The van der Waals surface area contributed by atoms with Crippen LogP contribution in [0.1, 0.15) is 21.5 Å². The Morgan fingerprint density at radius 2 is 1.67 bits per heavy atom. The van der Waals surface area contributed by atoms with Crippen LogP contribution in [0.5, 0.6) is 11.5 Å². The smallest absolute Gasteiger partial charge is 0.293 e. The van der Waals surface area contributed by atoms with Crippen molar-refractivity contribution in [3.8, 4) is 11.5 Å². The van der Waals surface area contributed by atoms with Gasteiger partial charge in [-0.15, -0.1) is 0 Å².